The third-order valence-electron chi connectivity index (χ3n) is 2.47. The molecular formula is C10H14F3N3OS. The maximum Gasteiger partial charge on any atom is 0.400 e. The molecule has 0 fully saturated rings. The highest BCUT2D eigenvalue weighted by Crippen LogP contribution is 2.27. The van der Waals surface area contributed by atoms with Gasteiger partial charge in [0, 0.05) is 17.5 Å². The molecule has 4 N–H and O–H groups in total. The molecule has 0 spiro atoms. The number of oxime groups is 1. The van der Waals surface area contributed by atoms with E-state index in [-0.39, 0.29) is 6.04 Å². The zero-order valence-corrected chi connectivity index (χ0v) is 10.4. The van der Waals surface area contributed by atoms with Gasteiger partial charge in [-0.2, -0.15) is 13.2 Å². The van der Waals surface area contributed by atoms with Crippen LogP contribution in [0.25, 0.3) is 0 Å². The second-order valence-electron chi connectivity index (χ2n) is 3.76. The molecule has 0 saturated heterocycles. The van der Waals surface area contributed by atoms with Crippen LogP contribution in [0.2, 0.25) is 0 Å². The lowest BCUT2D eigenvalue weighted by Gasteiger charge is -2.21. The summed E-state index contributed by atoms with van der Waals surface area (Å²) < 4.78 is 37.9. The first-order chi connectivity index (χ1) is 8.36. The van der Waals surface area contributed by atoms with Gasteiger partial charge in [0.15, 0.2) is 5.84 Å². The van der Waals surface area contributed by atoms with Crippen molar-refractivity contribution in [3.63, 3.8) is 0 Å². The molecule has 0 saturated carbocycles. The lowest BCUT2D eigenvalue weighted by Crippen LogP contribution is -2.43. The van der Waals surface area contributed by atoms with E-state index in [0.29, 0.717) is 0 Å². The number of alkyl halides is 3. The highest BCUT2D eigenvalue weighted by Gasteiger charge is 2.42. The Morgan fingerprint density at radius 2 is 2.28 bits per heavy atom. The first kappa shape index (κ1) is 14.8. The monoisotopic (exact) mass is 281 g/mol. The number of hydrogen-bond donors (Lipinski definition) is 3. The van der Waals surface area contributed by atoms with Gasteiger partial charge >= 0.3 is 6.18 Å². The Hall–Kier alpha value is -1.28. The summed E-state index contributed by atoms with van der Waals surface area (Å²) in [4.78, 5) is 0.926. The van der Waals surface area contributed by atoms with Crippen molar-refractivity contribution in [3.8, 4) is 0 Å². The van der Waals surface area contributed by atoms with Gasteiger partial charge in [-0.05, 0) is 18.4 Å². The van der Waals surface area contributed by atoms with Crippen LogP contribution in [-0.4, -0.2) is 23.8 Å². The Labute approximate surface area is 106 Å². The molecule has 1 unspecified atom stereocenters. The molecule has 0 aliphatic carbocycles. The molecule has 1 rings (SSSR count). The topological polar surface area (TPSA) is 70.6 Å². The molecule has 0 radical (unpaired) electrons. The average Bonchev–Trinajstić information content (AvgIpc) is 2.80. The van der Waals surface area contributed by atoms with Crippen LogP contribution >= 0.6 is 11.3 Å². The summed E-state index contributed by atoms with van der Waals surface area (Å²) in [5.74, 6) is -2.83. The molecule has 0 aliphatic heterocycles. The number of halogens is 3. The van der Waals surface area contributed by atoms with E-state index in [0.717, 1.165) is 4.88 Å². The van der Waals surface area contributed by atoms with Crippen molar-refractivity contribution in [2.24, 2.45) is 16.8 Å². The third kappa shape index (κ3) is 3.88. The first-order valence-corrected chi connectivity index (χ1v) is 6.05. The summed E-state index contributed by atoms with van der Waals surface area (Å²) >= 11 is 1.45. The fourth-order valence-electron chi connectivity index (χ4n) is 1.39. The SMILES string of the molecule is C[C@H](NCC(/C(N)=N/O)C(F)(F)F)c1cccs1. The maximum absolute atomic E-state index is 12.6. The highest BCUT2D eigenvalue weighted by molar-refractivity contribution is 7.10. The van der Waals surface area contributed by atoms with Gasteiger partial charge in [-0.1, -0.05) is 11.2 Å². The third-order valence-corrected chi connectivity index (χ3v) is 3.52. The molecule has 2 atom stereocenters. The van der Waals surface area contributed by atoms with Crippen LogP contribution in [0.1, 0.15) is 17.8 Å². The Bertz CT molecular complexity index is 392. The quantitative estimate of drug-likeness (QED) is 0.336. The van der Waals surface area contributed by atoms with Crippen molar-refractivity contribution >= 4 is 17.2 Å². The maximum atomic E-state index is 12.6. The zero-order chi connectivity index (χ0) is 13.8. The molecule has 0 bridgehead atoms. The summed E-state index contributed by atoms with van der Waals surface area (Å²) in [6.07, 6.45) is -4.54. The van der Waals surface area contributed by atoms with E-state index in [9.17, 15) is 13.2 Å². The number of thiophene rings is 1. The fraction of sp³-hybridized carbons (Fsp3) is 0.500. The van der Waals surface area contributed by atoms with Gasteiger partial charge in [-0.25, -0.2) is 0 Å². The standard InChI is InChI=1S/C10H14F3N3OS/c1-6(8-3-2-4-18-8)15-5-7(9(14)16-17)10(11,12)13/h2-4,6-7,15,17H,5H2,1H3,(H2,14,16)/t6-,7?/m0/s1. The Kier molecular flexibility index (Phi) is 4.97. The van der Waals surface area contributed by atoms with E-state index in [1.54, 1.807) is 6.92 Å². The highest BCUT2D eigenvalue weighted by atomic mass is 32.1. The number of nitrogens with zero attached hydrogens (tertiary/aromatic N) is 1. The summed E-state index contributed by atoms with van der Waals surface area (Å²) in [7, 11) is 0. The molecule has 18 heavy (non-hydrogen) atoms. The average molecular weight is 281 g/mol. The molecule has 8 heteroatoms. The number of amidine groups is 1. The predicted octanol–water partition coefficient (Wildman–Crippen LogP) is 2.32. The van der Waals surface area contributed by atoms with Crippen molar-refractivity contribution in [3.05, 3.63) is 22.4 Å². The minimum absolute atomic E-state index is 0.221. The summed E-state index contributed by atoms with van der Waals surface area (Å²) in [6, 6.07) is 3.43. The largest absolute Gasteiger partial charge is 0.409 e. The van der Waals surface area contributed by atoms with E-state index in [2.05, 4.69) is 10.5 Å². The minimum Gasteiger partial charge on any atom is -0.409 e. The Balaban J connectivity index is 2.63. The van der Waals surface area contributed by atoms with Gasteiger partial charge in [0.2, 0.25) is 0 Å². The molecule has 1 aromatic rings. The van der Waals surface area contributed by atoms with E-state index >= 15 is 0 Å². The van der Waals surface area contributed by atoms with Crippen LogP contribution in [0.4, 0.5) is 13.2 Å². The van der Waals surface area contributed by atoms with Crippen molar-refractivity contribution in [1.82, 2.24) is 5.32 Å². The van der Waals surface area contributed by atoms with Crippen molar-refractivity contribution in [2.45, 2.75) is 19.1 Å². The van der Waals surface area contributed by atoms with Gasteiger partial charge in [-0.3, -0.25) is 0 Å². The van der Waals surface area contributed by atoms with Crippen LogP contribution in [0.15, 0.2) is 22.7 Å². The summed E-state index contributed by atoms with van der Waals surface area (Å²) in [5.41, 5.74) is 5.05. The normalized spacial score (nSPS) is 16.6. The van der Waals surface area contributed by atoms with Crippen LogP contribution in [0.3, 0.4) is 0 Å². The van der Waals surface area contributed by atoms with Crippen LogP contribution < -0.4 is 11.1 Å². The molecule has 0 aromatic carbocycles. The molecule has 1 aromatic heterocycles. The number of nitrogens with two attached hydrogens (primary N) is 1. The number of nitrogens with one attached hydrogen (secondary N) is 1. The van der Waals surface area contributed by atoms with Gasteiger partial charge in [0.05, 0.1) is 0 Å². The summed E-state index contributed by atoms with van der Waals surface area (Å²) in [5, 5.41) is 15.4. The molecule has 102 valence electrons. The second-order valence-corrected chi connectivity index (χ2v) is 4.74. The lowest BCUT2D eigenvalue weighted by atomic mass is 10.1. The second kappa shape index (κ2) is 6.05. The van der Waals surface area contributed by atoms with Crippen LogP contribution in [-0.2, 0) is 0 Å². The molecule has 0 aliphatic rings. The summed E-state index contributed by atoms with van der Waals surface area (Å²) in [6.45, 7) is 1.32. The van der Waals surface area contributed by atoms with Gasteiger partial charge < -0.3 is 16.3 Å². The Morgan fingerprint density at radius 1 is 1.61 bits per heavy atom. The van der Waals surface area contributed by atoms with E-state index in [1.165, 1.54) is 11.3 Å². The number of rotatable bonds is 5. The van der Waals surface area contributed by atoms with Gasteiger partial charge in [-0.15, -0.1) is 11.3 Å². The van der Waals surface area contributed by atoms with Gasteiger partial charge in [0.25, 0.3) is 0 Å². The fourth-order valence-corrected chi connectivity index (χ4v) is 2.15. The van der Waals surface area contributed by atoms with E-state index in [4.69, 9.17) is 10.9 Å². The van der Waals surface area contributed by atoms with Crippen molar-refractivity contribution < 1.29 is 18.4 Å². The van der Waals surface area contributed by atoms with E-state index < -0.39 is 24.5 Å². The first-order valence-electron chi connectivity index (χ1n) is 5.17. The predicted molar refractivity (Wildman–Crippen MR) is 63.7 cm³/mol. The molecule has 1 heterocycles. The lowest BCUT2D eigenvalue weighted by molar-refractivity contribution is -0.155. The molecule has 0 amide bonds. The smallest absolute Gasteiger partial charge is 0.400 e. The minimum atomic E-state index is -4.54. The zero-order valence-electron chi connectivity index (χ0n) is 9.61. The van der Waals surface area contributed by atoms with E-state index in [1.807, 2.05) is 17.5 Å². The number of hydrogen-bond acceptors (Lipinski definition) is 4. The van der Waals surface area contributed by atoms with Crippen LogP contribution in [0.5, 0.6) is 0 Å². The molecule has 4 nitrogen and oxygen atoms in total. The van der Waals surface area contributed by atoms with Gasteiger partial charge in [0.1, 0.15) is 5.92 Å². The Morgan fingerprint density at radius 3 is 2.72 bits per heavy atom. The van der Waals surface area contributed by atoms with Crippen LogP contribution in [0, 0.1) is 5.92 Å². The molecular weight excluding hydrogens is 267 g/mol. The van der Waals surface area contributed by atoms with Crippen molar-refractivity contribution in [1.29, 1.82) is 0 Å². The van der Waals surface area contributed by atoms with Crippen molar-refractivity contribution in [2.75, 3.05) is 6.54 Å².